The van der Waals surface area contributed by atoms with Crippen LogP contribution in [0.15, 0.2) is 0 Å². The second-order valence-corrected chi connectivity index (χ2v) is 5.36. The zero-order valence-corrected chi connectivity index (χ0v) is 10.9. The molecule has 2 rings (SSSR count). The molecule has 2 heterocycles. The van der Waals surface area contributed by atoms with Gasteiger partial charge in [-0.25, -0.2) is 0 Å². The van der Waals surface area contributed by atoms with E-state index in [1.807, 2.05) is 0 Å². The fourth-order valence-electron chi connectivity index (χ4n) is 2.92. The number of nitrogens with zero attached hydrogens (tertiary/aromatic N) is 1. The molecular weight excluding hydrogens is 214 g/mol. The van der Waals surface area contributed by atoms with Gasteiger partial charge in [-0.05, 0) is 38.8 Å². The third-order valence-corrected chi connectivity index (χ3v) is 3.74. The van der Waals surface area contributed by atoms with Gasteiger partial charge in [-0.3, -0.25) is 9.69 Å². The summed E-state index contributed by atoms with van der Waals surface area (Å²) in [5.74, 6) is 0.227. The smallest absolute Gasteiger partial charge is 0.220 e. The van der Waals surface area contributed by atoms with Gasteiger partial charge in [0.15, 0.2) is 0 Å². The van der Waals surface area contributed by atoms with Crippen LogP contribution in [0.1, 0.15) is 39.0 Å². The lowest BCUT2D eigenvalue weighted by Crippen LogP contribution is -2.44. The predicted molar refractivity (Wildman–Crippen MR) is 68.9 cm³/mol. The maximum Gasteiger partial charge on any atom is 0.220 e. The van der Waals surface area contributed by atoms with Crippen LogP contribution in [-0.4, -0.2) is 49.1 Å². The Morgan fingerprint density at radius 3 is 2.71 bits per heavy atom. The average Bonchev–Trinajstić information content (AvgIpc) is 2.91. The van der Waals surface area contributed by atoms with Crippen LogP contribution < -0.4 is 10.6 Å². The van der Waals surface area contributed by atoms with Gasteiger partial charge < -0.3 is 10.6 Å². The van der Waals surface area contributed by atoms with Gasteiger partial charge in [0.2, 0.25) is 5.91 Å². The standard InChI is InChI=1S/C13H25N3O/c1-2-8-16(9-11-4-3-7-14-11)10-12-5-6-13(17)15-12/h11-12,14H,2-10H2,1H3,(H,15,17). The highest BCUT2D eigenvalue weighted by Gasteiger charge is 2.24. The first-order valence-electron chi connectivity index (χ1n) is 7.03. The van der Waals surface area contributed by atoms with Gasteiger partial charge in [-0.2, -0.15) is 0 Å². The first-order valence-corrected chi connectivity index (χ1v) is 7.03. The van der Waals surface area contributed by atoms with Crippen LogP contribution in [0.2, 0.25) is 0 Å². The molecule has 0 saturated carbocycles. The third kappa shape index (κ3) is 3.96. The normalized spacial score (nSPS) is 28.9. The number of amides is 1. The molecule has 0 aromatic carbocycles. The van der Waals surface area contributed by atoms with E-state index in [-0.39, 0.29) is 5.91 Å². The summed E-state index contributed by atoms with van der Waals surface area (Å²) in [5, 5.41) is 6.62. The molecule has 2 fully saturated rings. The Bertz CT molecular complexity index is 251. The second kappa shape index (κ2) is 6.36. The minimum atomic E-state index is 0.227. The van der Waals surface area contributed by atoms with E-state index >= 15 is 0 Å². The van der Waals surface area contributed by atoms with Gasteiger partial charge in [0.1, 0.15) is 0 Å². The van der Waals surface area contributed by atoms with Crippen molar-refractivity contribution in [2.75, 3.05) is 26.2 Å². The lowest BCUT2D eigenvalue weighted by atomic mass is 10.1. The lowest BCUT2D eigenvalue weighted by molar-refractivity contribution is -0.119. The van der Waals surface area contributed by atoms with E-state index < -0.39 is 0 Å². The summed E-state index contributed by atoms with van der Waals surface area (Å²) < 4.78 is 0. The number of hydrogen-bond donors (Lipinski definition) is 2. The highest BCUT2D eigenvalue weighted by molar-refractivity contribution is 5.78. The quantitative estimate of drug-likeness (QED) is 0.718. The molecule has 0 bridgehead atoms. The molecule has 2 atom stereocenters. The molecule has 17 heavy (non-hydrogen) atoms. The summed E-state index contributed by atoms with van der Waals surface area (Å²) in [4.78, 5) is 13.7. The van der Waals surface area contributed by atoms with Crippen LogP contribution in [0.5, 0.6) is 0 Å². The number of nitrogens with one attached hydrogen (secondary N) is 2. The molecule has 2 unspecified atom stereocenters. The van der Waals surface area contributed by atoms with E-state index in [1.165, 1.54) is 25.8 Å². The van der Waals surface area contributed by atoms with Crippen molar-refractivity contribution in [1.29, 1.82) is 0 Å². The molecule has 2 N–H and O–H groups in total. The van der Waals surface area contributed by atoms with Crippen molar-refractivity contribution in [2.45, 2.75) is 51.1 Å². The van der Waals surface area contributed by atoms with Crippen LogP contribution in [0.4, 0.5) is 0 Å². The Balaban J connectivity index is 1.76. The Hall–Kier alpha value is -0.610. The van der Waals surface area contributed by atoms with Gasteiger partial charge in [0.25, 0.3) is 0 Å². The molecular formula is C13H25N3O. The van der Waals surface area contributed by atoms with Gasteiger partial charge in [-0.1, -0.05) is 6.92 Å². The number of rotatable bonds is 6. The van der Waals surface area contributed by atoms with Crippen molar-refractivity contribution >= 4 is 5.91 Å². The molecule has 0 spiro atoms. The van der Waals surface area contributed by atoms with Crippen molar-refractivity contribution in [1.82, 2.24) is 15.5 Å². The molecule has 0 aliphatic carbocycles. The monoisotopic (exact) mass is 239 g/mol. The molecule has 98 valence electrons. The Kier molecular flexibility index (Phi) is 4.80. The van der Waals surface area contributed by atoms with Crippen LogP contribution >= 0.6 is 0 Å². The van der Waals surface area contributed by atoms with Gasteiger partial charge in [-0.15, -0.1) is 0 Å². The van der Waals surface area contributed by atoms with Crippen molar-refractivity contribution in [3.05, 3.63) is 0 Å². The summed E-state index contributed by atoms with van der Waals surface area (Å²) in [7, 11) is 0. The molecule has 1 amide bonds. The molecule has 2 saturated heterocycles. The van der Waals surface area contributed by atoms with E-state index in [2.05, 4.69) is 22.5 Å². The zero-order chi connectivity index (χ0) is 12.1. The maximum absolute atomic E-state index is 11.2. The first kappa shape index (κ1) is 12.8. The molecule has 0 radical (unpaired) electrons. The van der Waals surface area contributed by atoms with Gasteiger partial charge in [0, 0.05) is 31.6 Å². The molecule has 2 aliphatic heterocycles. The van der Waals surface area contributed by atoms with Crippen LogP contribution in [0, 0.1) is 0 Å². The SMILES string of the molecule is CCCN(CC1CCCN1)CC1CCC(=O)N1. The highest BCUT2D eigenvalue weighted by atomic mass is 16.1. The van der Waals surface area contributed by atoms with E-state index in [9.17, 15) is 4.79 Å². The second-order valence-electron chi connectivity index (χ2n) is 5.36. The third-order valence-electron chi connectivity index (χ3n) is 3.74. The van der Waals surface area contributed by atoms with Crippen LogP contribution in [0.3, 0.4) is 0 Å². The lowest BCUT2D eigenvalue weighted by Gasteiger charge is -2.27. The zero-order valence-electron chi connectivity index (χ0n) is 10.9. The van der Waals surface area contributed by atoms with E-state index in [0.29, 0.717) is 18.5 Å². The molecule has 0 aromatic heterocycles. The fourth-order valence-corrected chi connectivity index (χ4v) is 2.92. The van der Waals surface area contributed by atoms with Crippen LogP contribution in [-0.2, 0) is 4.79 Å². The van der Waals surface area contributed by atoms with E-state index in [0.717, 1.165) is 26.1 Å². The molecule has 4 nitrogen and oxygen atoms in total. The number of carbonyl (C=O) groups is 1. The minimum absolute atomic E-state index is 0.227. The summed E-state index contributed by atoms with van der Waals surface area (Å²) in [5.41, 5.74) is 0. The molecule has 2 aliphatic rings. The van der Waals surface area contributed by atoms with E-state index in [1.54, 1.807) is 0 Å². The Morgan fingerprint density at radius 2 is 2.12 bits per heavy atom. The van der Waals surface area contributed by atoms with Crippen molar-refractivity contribution in [3.8, 4) is 0 Å². The van der Waals surface area contributed by atoms with Gasteiger partial charge in [0.05, 0.1) is 0 Å². The Morgan fingerprint density at radius 1 is 1.29 bits per heavy atom. The largest absolute Gasteiger partial charge is 0.352 e. The Labute approximate surface area is 104 Å². The first-order chi connectivity index (χ1) is 8.28. The fraction of sp³-hybridized carbons (Fsp3) is 0.923. The number of carbonyl (C=O) groups excluding carboxylic acids is 1. The molecule has 0 aromatic rings. The summed E-state index contributed by atoms with van der Waals surface area (Å²) in [6.07, 6.45) is 5.53. The van der Waals surface area contributed by atoms with Crippen LogP contribution in [0.25, 0.3) is 0 Å². The maximum atomic E-state index is 11.2. The summed E-state index contributed by atoms with van der Waals surface area (Å²) >= 11 is 0. The van der Waals surface area contributed by atoms with Crippen molar-refractivity contribution < 1.29 is 4.79 Å². The minimum Gasteiger partial charge on any atom is -0.352 e. The van der Waals surface area contributed by atoms with Gasteiger partial charge >= 0.3 is 0 Å². The van der Waals surface area contributed by atoms with E-state index in [4.69, 9.17) is 0 Å². The number of hydrogen-bond acceptors (Lipinski definition) is 3. The van der Waals surface area contributed by atoms with Crippen molar-refractivity contribution in [2.24, 2.45) is 0 Å². The predicted octanol–water partition coefficient (Wildman–Crippen LogP) is 0.729. The molecule has 4 heteroatoms. The summed E-state index contributed by atoms with van der Waals surface area (Å²) in [6.45, 7) is 6.70. The van der Waals surface area contributed by atoms with Crippen molar-refractivity contribution in [3.63, 3.8) is 0 Å². The average molecular weight is 239 g/mol. The summed E-state index contributed by atoms with van der Waals surface area (Å²) in [6, 6.07) is 1.05. The highest BCUT2D eigenvalue weighted by Crippen LogP contribution is 2.11. The topological polar surface area (TPSA) is 44.4 Å².